The maximum Gasteiger partial charge on any atom is 0.264 e. The number of aryl methyl sites for hydroxylation is 1. The number of unbranched alkanes of at least 4 members (excludes halogenated alkanes) is 1. The van der Waals surface area contributed by atoms with Gasteiger partial charge in [0, 0.05) is 6.54 Å². The lowest BCUT2D eigenvalue weighted by Crippen LogP contribution is -2.05. The Hall–Kier alpha value is -2.71. The molecule has 2 N–H and O–H groups in total. The minimum Gasteiger partial charge on any atom is -0.345 e. The summed E-state index contributed by atoms with van der Waals surface area (Å²) in [5.74, 6) is -0.208. The molecule has 0 aliphatic heterocycles. The molecule has 0 radical (unpaired) electrons. The van der Waals surface area contributed by atoms with Crippen molar-refractivity contribution in [3.05, 3.63) is 49.1 Å². The monoisotopic (exact) mass is 370 g/mol. The number of H-pyrrole nitrogens is 1. The molecule has 8 heteroatoms. The summed E-state index contributed by atoms with van der Waals surface area (Å²) in [6.07, 6.45) is 4.52. The van der Waals surface area contributed by atoms with Crippen molar-refractivity contribution >= 4 is 32.2 Å². The Labute approximate surface area is 150 Å². The highest BCUT2D eigenvalue weighted by atomic mass is 32.2. The fourth-order valence-electron chi connectivity index (χ4n) is 3.10. The highest BCUT2D eigenvalue weighted by Gasteiger charge is 2.08. The number of nitrogens with one attached hydrogen (secondary N) is 1. The standard InChI is InChI=1S/C18H18N4O3S/c23-26(24,25)8-2-1-7-22-12-21-17-10-14(4-6-18(17)22)13-3-5-15-16(9-13)20-11-19-15/h3-6,9-12H,1-2,7-8H2,(H,19,20)(H,23,24,25). The third-order valence-electron chi connectivity index (χ3n) is 4.43. The van der Waals surface area contributed by atoms with Gasteiger partial charge in [-0.15, -0.1) is 0 Å². The Balaban J connectivity index is 1.55. The molecular formula is C18H18N4O3S. The summed E-state index contributed by atoms with van der Waals surface area (Å²) in [6.45, 7) is 0.658. The zero-order valence-electron chi connectivity index (χ0n) is 14.0. The molecule has 0 unspecified atom stereocenters. The van der Waals surface area contributed by atoms with E-state index < -0.39 is 10.1 Å². The van der Waals surface area contributed by atoms with Gasteiger partial charge in [-0.25, -0.2) is 9.97 Å². The molecule has 0 saturated carbocycles. The summed E-state index contributed by atoms with van der Waals surface area (Å²) >= 11 is 0. The summed E-state index contributed by atoms with van der Waals surface area (Å²) < 4.78 is 32.3. The van der Waals surface area contributed by atoms with Crippen LogP contribution >= 0.6 is 0 Å². The maximum absolute atomic E-state index is 10.8. The van der Waals surface area contributed by atoms with E-state index >= 15 is 0 Å². The second kappa shape index (κ2) is 6.54. The van der Waals surface area contributed by atoms with E-state index in [0.29, 0.717) is 19.4 Å². The molecule has 4 rings (SSSR count). The van der Waals surface area contributed by atoms with Crippen molar-refractivity contribution < 1.29 is 13.0 Å². The van der Waals surface area contributed by atoms with Crippen LogP contribution < -0.4 is 0 Å². The van der Waals surface area contributed by atoms with Crippen LogP contribution in [-0.4, -0.2) is 38.2 Å². The number of hydrogen-bond donors (Lipinski definition) is 2. The molecule has 2 heterocycles. The van der Waals surface area contributed by atoms with E-state index in [1.54, 1.807) is 12.7 Å². The predicted octanol–water partition coefficient (Wildman–Crippen LogP) is 3.25. The number of nitrogens with zero attached hydrogens (tertiary/aromatic N) is 3. The summed E-state index contributed by atoms with van der Waals surface area (Å²) in [4.78, 5) is 11.8. The average molecular weight is 370 g/mol. The molecule has 0 bridgehead atoms. The molecule has 0 spiro atoms. The molecule has 7 nitrogen and oxygen atoms in total. The highest BCUT2D eigenvalue weighted by Crippen LogP contribution is 2.26. The number of fused-ring (bicyclic) bond motifs is 2. The van der Waals surface area contributed by atoms with Crippen LogP contribution in [0.2, 0.25) is 0 Å². The van der Waals surface area contributed by atoms with Gasteiger partial charge in [-0.05, 0) is 48.2 Å². The number of benzene rings is 2. The van der Waals surface area contributed by atoms with Gasteiger partial charge in [0.15, 0.2) is 0 Å². The molecule has 0 atom stereocenters. The van der Waals surface area contributed by atoms with Crippen molar-refractivity contribution in [2.45, 2.75) is 19.4 Å². The summed E-state index contributed by atoms with van der Waals surface area (Å²) in [7, 11) is -3.89. The summed E-state index contributed by atoms with van der Waals surface area (Å²) in [5.41, 5.74) is 5.98. The normalized spacial score (nSPS) is 12.2. The Kier molecular flexibility index (Phi) is 4.21. The maximum atomic E-state index is 10.8. The van der Waals surface area contributed by atoms with Gasteiger partial charge in [0.1, 0.15) is 0 Å². The van der Waals surface area contributed by atoms with Crippen LogP contribution in [0.4, 0.5) is 0 Å². The minimum atomic E-state index is -3.89. The smallest absolute Gasteiger partial charge is 0.264 e. The van der Waals surface area contributed by atoms with Crippen molar-refractivity contribution in [1.82, 2.24) is 19.5 Å². The van der Waals surface area contributed by atoms with Gasteiger partial charge in [-0.3, -0.25) is 4.55 Å². The zero-order valence-corrected chi connectivity index (χ0v) is 14.8. The van der Waals surface area contributed by atoms with Gasteiger partial charge in [0.25, 0.3) is 10.1 Å². The van der Waals surface area contributed by atoms with Gasteiger partial charge < -0.3 is 9.55 Å². The largest absolute Gasteiger partial charge is 0.345 e. The Bertz CT molecular complexity index is 1180. The Morgan fingerprint density at radius 2 is 1.81 bits per heavy atom. The summed E-state index contributed by atoms with van der Waals surface area (Å²) in [6, 6.07) is 12.2. The zero-order chi connectivity index (χ0) is 18.1. The molecule has 0 fully saturated rings. The van der Waals surface area contributed by atoms with Gasteiger partial charge in [-0.2, -0.15) is 8.42 Å². The predicted molar refractivity (Wildman–Crippen MR) is 100 cm³/mol. The third-order valence-corrected chi connectivity index (χ3v) is 5.23. The van der Waals surface area contributed by atoms with E-state index in [9.17, 15) is 8.42 Å². The third kappa shape index (κ3) is 3.47. The van der Waals surface area contributed by atoms with E-state index in [2.05, 4.69) is 27.1 Å². The van der Waals surface area contributed by atoms with Gasteiger partial charge in [0.2, 0.25) is 0 Å². The highest BCUT2D eigenvalue weighted by molar-refractivity contribution is 7.85. The first-order valence-corrected chi connectivity index (χ1v) is 9.94. The number of aromatic amines is 1. The number of aromatic nitrogens is 4. The van der Waals surface area contributed by atoms with Crippen molar-refractivity contribution in [3.8, 4) is 11.1 Å². The van der Waals surface area contributed by atoms with Gasteiger partial charge in [-0.1, -0.05) is 12.1 Å². The van der Waals surface area contributed by atoms with Gasteiger partial charge >= 0.3 is 0 Å². The average Bonchev–Trinajstić information content (AvgIpc) is 3.23. The van der Waals surface area contributed by atoms with Crippen LogP contribution in [0.15, 0.2) is 49.1 Å². The second-order valence-corrected chi connectivity index (χ2v) is 7.84. The molecule has 2 aromatic carbocycles. The van der Waals surface area contributed by atoms with Crippen LogP contribution in [0.5, 0.6) is 0 Å². The SMILES string of the molecule is O=S(=O)(O)CCCCn1cnc2cc(-c3ccc4nc[nH]c4c3)ccc21. The number of imidazole rings is 2. The fraction of sp³-hybridized carbons (Fsp3) is 0.222. The first-order valence-electron chi connectivity index (χ1n) is 8.33. The molecule has 0 aliphatic carbocycles. The summed E-state index contributed by atoms with van der Waals surface area (Å²) in [5, 5.41) is 0. The Morgan fingerprint density at radius 3 is 2.65 bits per heavy atom. The van der Waals surface area contributed by atoms with Gasteiger partial charge in [0.05, 0.1) is 40.5 Å². The topological polar surface area (TPSA) is 101 Å². The molecule has 134 valence electrons. The molecule has 4 aromatic rings. The first kappa shape index (κ1) is 16.7. The Morgan fingerprint density at radius 1 is 1.00 bits per heavy atom. The first-order chi connectivity index (χ1) is 12.5. The quantitative estimate of drug-likeness (QED) is 0.401. The number of rotatable bonds is 6. The molecule has 0 aliphatic rings. The molecule has 0 saturated heterocycles. The molecule has 26 heavy (non-hydrogen) atoms. The van der Waals surface area contributed by atoms with Crippen molar-refractivity contribution in [1.29, 1.82) is 0 Å². The lowest BCUT2D eigenvalue weighted by molar-refractivity contribution is 0.478. The second-order valence-electron chi connectivity index (χ2n) is 6.27. The lowest BCUT2D eigenvalue weighted by atomic mass is 10.0. The van der Waals surface area contributed by atoms with E-state index in [0.717, 1.165) is 33.2 Å². The van der Waals surface area contributed by atoms with Crippen LogP contribution in [0, 0.1) is 0 Å². The van der Waals surface area contributed by atoms with E-state index in [1.165, 1.54) is 0 Å². The van der Waals surface area contributed by atoms with E-state index in [4.69, 9.17) is 4.55 Å². The van der Waals surface area contributed by atoms with Crippen molar-refractivity contribution in [2.75, 3.05) is 5.75 Å². The lowest BCUT2D eigenvalue weighted by Gasteiger charge is -2.05. The van der Waals surface area contributed by atoms with E-state index in [-0.39, 0.29) is 5.75 Å². The van der Waals surface area contributed by atoms with Crippen molar-refractivity contribution in [2.24, 2.45) is 0 Å². The molecular weight excluding hydrogens is 352 g/mol. The van der Waals surface area contributed by atoms with Crippen molar-refractivity contribution in [3.63, 3.8) is 0 Å². The number of hydrogen-bond acceptors (Lipinski definition) is 4. The fourth-order valence-corrected chi connectivity index (χ4v) is 3.67. The van der Waals surface area contributed by atoms with Crippen LogP contribution in [0.3, 0.4) is 0 Å². The van der Waals surface area contributed by atoms with Crippen LogP contribution in [-0.2, 0) is 16.7 Å². The minimum absolute atomic E-state index is 0.208. The molecule has 0 amide bonds. The molecule has 2 aromatic heterocycles. The van der Waals surface area contributed by atoms with E-state index in [1.807, 2.05) is 28.8 Å². The van der Waals surface area contributed by atoms with Crippen LogP contribution in [0.25, 0.3) is 33.2 Å². The van der Waals surface area contributed by atoms with Crippen LogP contribution in [0.1, 0.15) is 12.8 Å².